The molecule has 1 aromatic carbocycles. The molecule has 4 nitrogen and oxygen atoms in total. The molecule has 2 aromatic rings. The molecule has 0 spiro atoms. The number of fused-ring (bicyclic) bond motifs is 3. The van der Waals surface area contributed by atoms with E-state index in [4.69, 9.17) is 0 Å². The Balaban J connectivity index is 1.55. The average Bonchev–Trinajstić information content (AvgIpc) is 3.16. The van der Waals surface area contributed by atoms with Crippen molar-refractivity contribution in [3.05, 3.63) is 42.4 Å². The van der Waals surface area contributed by atoms with Gasteiger partial charge >= 0.3 is 0 Å². The summed E-state index contributed by atoms with van der Waals surface area (Å²) in [5.74, 6) is 1.26. The fourth-order valence-electron chi connectivity index (χ4n) is 4.64. The maximum atomic E-state index is 11.1. The van der Waals surface area contributed by atoms with Gasteiger partial charge in [0.25, 0.3) is 0 Å². The molecule has 6 atom stereocenters. The Morgan fingerprint density at radius 1 is 1.36 bits per heavy atom. The summed E-state index contributed by atoms with van der Waals surface area (Å²) in [5.41, 5.74) is 4.15. The van der Waals surface area contributed by atoms with E-state index in [1.54, 1.807) is 0 Å². The third-order valence-electron chi connectivity index (χ3n) is 5.82. The second-order valence-corrected chi connectivity index (χ2v) is 9.20. The highest BCUT2D eigenvalue weighted by molar-refractivity contribution is 7.38. The lowest BCUT2D eigenvalue weighted by Crippen LogP contribution is -2.36. The third kappa shape index (κ3) is 3.28. The molecular weight excluding hydrogens is 329 g/mol. The number of hydrogen-bond donors (Lipinski definition) is 2. The zero-order chi connectivity index (χ0) is 17.4. The van der Waals surface area contributed by atoms with E-state index in [0.717, 1.165) is 27.8 Å². The van der Waals surface area contributed by atoms with Crippen molar-refractivity contribution < 1.29 is 5.11 Å². The smallest absolute Gasteiger partial charge is 0.0956 e. The van der Waals surface area contributed by atoms with Crippen LogP contribution in [0.5, 0.6) is 0 Å². The van der Waals surface area contributed by atoms with Crippen LogP contribution in [0.2, 0.25) is 0 Å². The van der Waals surface area contributed by atoms with Crippen LogP contribution >= 0.6 is 8.58 Å². The van der Waals surface area contributed by atoms with Gasteiger partial charge in [0.05, 0.1) is 30.4 Å². The van der Waals surface area contributed by atoms with Gasteiger partial charge in [0, 0.05) is 17.5 Å². The highest BCUT2D eigenvalue weighted by atomic mass is 31.1. The van der Waals surface area contributed by atoms with Gasteiger partial charge in [-0.25, -0.2) is 4.98 Å². The standard InChI is InChI=1S/C20H28N3OP/c1-13-7-14(2)20(25-12-22-9-13)19(24)8-17-15-5-3-4-6-16(15)18-10-21-11-23(17)18/h3-6,10-11,13-14,17,19-20,22,24-25H,7-9,12H2,1-2H3. The predicted molar refractivity (Wildman–Crippen MR) is 104 cm³/mol. The summed E-state index contributed by atoms with van der Waals surface area (Å²) in [7, 11) is 0.782. The first-order chi connectivity index (χ1) is 12.1. The van der Waals surface area contributed by atoms with Crippen LogP contribution in [0.1, 0.15) is 38.3 Å². The molecule has 4 rings (SSSR count). The van der Waals surface area contributed by atoms with Crippen molar-refractivity contribution in [2.45, 2.75) is 44.5 Å². The molecule has 0 radical (unpaired) electrons. The summed E-state index contributed by atoms with van der Waals surface area (Å²) >= 11 is 0. The van der Waals surface area contributed by atoms with Crippen LogP contribution in [0.15, 0.2) is 36.8 Å². The second-order valence-electron chi connectivity index (χ2n) is 7.77. The SMILES string of the molecule is CC1CNCPC(C(O)CC2c3ccccc3-c3cncn32)C(C)C1. The Morgan fingerprint density at radius 3 is 3.08 bits per heavy atom. The fraction of sp³-hybridized carbons (Fsp3) is 0.550. The number of aromatic nitrogens is 2. The Kier molecular flexibility index (Phi) is 4.95. The maximum absolute atomic E-state index is 11.1. The molecule has 0 saturated carbocycles. The molecule has 2 aliphatic rings. The molecule has 0 aliphatic carbocycles. The number of hydrogen-bond acceptors (Lipinski definition) is 3. The minimum atomic E-state index is -0.271. The Morgan fingerprint density at radius 2 is 2.20 bits per heavy atom. The van der Waals surface area contributed by atoms with E-state index in [1.807, 2.05) is 12.5 Å². The number of aliphatic hydroxyl groups is 1. The number of nitrogens with one attached hydrogen (secondary N) is 1. The van der Waals surface area contributed by atoms with Gasteiger partial charge in [-0.1, -0.05) is 38.1 Å². The van der Waals surface area contributed by atoms with Gasteiger partial charge in [-0.2, -0.15) is 0 Å². The van der Waals surface area contributed by atoms with Crippen LogP contribution in [0.3, 0.4) is 0 Å². The lowest BCUT2D eigenvalue weighted by atomic mass is 9.89. The summed E-state index contributed by atoms with van der Waals surface area (Å²) in [4.78, 5) is 4.34. The van der Waals surface area contributed by atoms with Crippen LogP contribution in [0, 0.1) is 11.8 Å². The highest BCUT2D eigenvalue weighted by Crippen LogP contribution is 2.43. The average molecular weight is 357 g/mol. The van der Waals surface area contributed by atoms with Crippen LogP contribution < -0.4 is 5.32 Å². The van der Waals surface area contributed by atoms with Gasteiger partial charge in [-0.15, -0.1) is 8.58 Å². The van der Waals surface area contributed by atoms with Crippen molar-refractivity contribution in [2.75, 3.05) is 12.8 Å². The molecule has 5 heteroatoms. The zero-order valence-electron chi connectivity index (χ0n) is 15.0. The van der Waals surface area contributed by atoms with Crippen LogP contribution in [-0.4, -0.2) is 39.3 Å². The lowest BCUT2D eigenvalue weighted by Gasteiger charge is -2.34. The largest absolute Gasteiger partial charge is 0.392 e. The Labute approximate surface area is 151 Å². The number of imidazole rings is 1. The van der Waals surface area contributed by atoms with Crippen molar-refractivity contribution in [2.24, 2.45) is 11.8 Å². The molecule has 25 heavy (non-hydrogen) atoms. The van der Waals surface area contributed by atoms with E-state index in [1.165, 1.54) is 23.2 Å². The van der Waals surface area contributed by atoms with Gasteiger partial charge in [0.15, 0.2) is 0 Å². The molecule has 2 N–H and O–H groups in total. The molecule has 1 fully saturated rings. The number of aliphatic hydroxyl groups excluding tert-OH is 1. The third-order valence-corrected chi connectivity index (χ3v) is 7.70. The van der Waals surface area contributed by atoms with Crippen molar-refractivity contribution in [3.8, 4) is 11.3 Å². The zero-order valence-corrected chi connectivity index (χ0v) is 16.0. The summed E-state index contributed by atoms with van der Waals surface area (Å²) < 4.78 is 2.24. The van der Waals surface area contributed by atoms with Gasteiger partial charge < -0.3 is 15.0 Å². The number of rotatable bonds is 3. The van der Waals surface area contributed by atoms with Gasteiger partial charge in [-0.05, 0) is 36.8 Å². The second kappa shape index (κ2) is 7.19. The van der Waals surface area contributed by atoms with Crippen molar-refractivity contribution in [3.63, 3.8) is 0 Å². The van der Waals surface area contributed by atoms with Gasteiger partial charge in [-0.3, -0.25) is 0 Å². The Bertz CT molecular complexity index is 731. The van der Waals surface area contributed by atoms with Gasteiger partial charge in [0.1, 0.15) is 0 Å². The molecular formula is C20H28N3OP. The number of benzene rings is 1. The molecule has 3 heterocycles. The molecule has 6 unspecified atom stereocenters. The van der Waals surface area contributed by atoms with Gasteiger partial charge in [0.2, 0.25) is 0 Å². The molecule has 0 bridgehead atoms. The number of nitrogens with zero attached hydrogens (tertiary/aromatic N) is 2. The monoisotopic (exact) mass is 357 g/mol. The van der Waals surface area contributed by atoms with Crippen LogP contribution in [-0.2, 0) is 0 Å². The molecule has 0 amide bonds. The van der Waals surface area contributed by atoms with Crippen molar-refractivity contribution >= 4 is 8.58 Å². The van der Waals surface area contributed by atoms with E-state index >= 15 is 0 Å². The van der Waals surface area contributed by atoms with Crippen molar-refractivity contribution in [1.82, 2.24) is 14.9 Å². The van der Waals surface area contributed by atoms with E-state index < -0.39 is 0 Å². The topological polar surface area (TPSA) is 50.1 Å². The molecule has 1 saturated heterocycles. The van der Waals surface area contributed by atoms with Crippen molar-refractivity contribution in [1.29, 1.82) is 0 Å². The first-order valence-electron chi connectivity index (χ1n) is 9.38. The van der Waals surface area contributed by atoms with E-state index in [0.29, 0.717) is 17.5 Å². The fourth-order valence-corrected chi connectivity index (χ4v) is 6.11. The minimum Gasteiger partial charge on any atom is -0.392 e. The summed E-state index contributed by atoms with van der Waals surface area (Å²) in [6.07, 6.45) is 6.59. The van der Waals surface area contributed by atoms with E-state index in [2.05, 4.69) is 53.0 Å². The quantitative estimate of drug-likeness (QED) is 0.827. The van der Waals surface area contributed by atoms with E-state index in [9.17, 15) is 5.11 Å². The minimum absolute atomic E-state index is 0.205. The normalized spacial score (nSPS) is 31.2. The molecule has 134 valence electrons. The van der Waals surface area contributed by atoms with E-state index in [-0.39, 0.29) is 12.1 Å². The first-order valence-corrected chi connectivity index (χ1v) is 10.7. The summed E-state index contributed by atoms with van der Waals surface area (Å²) in [5, 5.41) is 14.7. The first kappa shape index (κ1) is 17.2. The summed E-state index contributed by atoms with van der Waals surface area (Å²) in [6, 6.07) is 8.76. The summed E-state index contributed by atoms with van der Waals surface area (Å²) in [6.45, 7) is 5.74. The lowest BCUT2D eigenvalue weighted by molar-refractivity contribution is 0.124. The molecule has 2 aliphatic heterocycles. The predicted octanol–water partition coefficient (Wildman–Crippen LogP) is 3.47. The van der Waals surface area contributed by atoms with Crippen LogP contribution in [0.25, 0.3) is 11.3 Å². The molecule has 1 aromatic heterocycles. The Hall–Kier alpha value is -1.22. The highest BCUT2D eigenvalue weighted by Gasteiger charge is 2.34. The van der Waals surface area contributed by atoms with Crippen LogP contribution in [0.4, 0.5) is 0 Å². The maximum Gasteiger partial charge on any atom is 0.0956 e.